The number of hydrogen-bond acceptors (Lipinski definition) is 3. The van der Waals surface area contributed by atoms with E-state index < -0.39 is 10.0 Å². The van der Waals surface area contributed by atoms with Crippen LogP contribution in [0.1, 0.15) is 27.9 Å². The Morgan fingerprint density at radius 3 is 2.40 bits per heavy atom. The number of nitrogens with zero attached hydrogens (tertiary/aromatic N) is 1. The number of carbonyl (C=O) groups is 1. The number of hydrogen-bond donors (Lipinski definition) is 1. The number of anilines is 1. The van der Waals surface area contributed by atoms with E-state index in [-0.39, 0.29) is 5.91 Å². The molecule has 1 amide bonds. The van der Waals surface area contributed by atoms with Crippen LogP contribution in [-0.2, 0) is 16.4 Å². The van der Waals surface area contributed by atoms with Crippen molar-refractivity contribution in [1.29, 1.82) is 0 Å². The van der Waals surface area contributed by atoms with Crippen molar-refractivity contribution in [1.82, 2.24) is 5.32 Å². The van der Waals surface area contributed by atoms with Crippen molar-refractivity contribution in [3.63, 3.8) is 0 Å². The average molecular weight is 360 g/mol. The summed E-state index contributed by atoms with van der Waals surface area (Å²) in [4.78, 5) is 12.2. The van der Waals surface area contributed by atoms with Crippen molar-refractivity contribution < 1.29 is 13.2 Å². The number of benzene rings is 2. The van der Waals surface area contributed by atoms with Gasteiger partial charge < -0.3 is 5.32 Å². The minimum absolute atomic E-state index is 0.148. The first-order valence-corrected chi connectivity index (χ1v) is 10.0. The van der Waals surface area contributed by atoms with Crippen molar-refractivity contribution in [3.8, 4) is 0 Å². The van der Waals surface area contributed by atoms with Crippen LogP contribution in [0, 0.1) is 6.92 Å². The molecule has 2 aromatic carbocycles. The average Bonchev–Trinajstić information content (AvgIpc) is 2.58. The molecule has 0 heterocycles. The summed E-state index contributed by atoms with van der Waals surface area (Å²) in [5, 5.41) is 2.90. The third-order valence-corrected chi connectivity index (χ3v) is 5.26. The molecule has 6 heteroatoms. The molecule has 0 aromatic heterocycles. The van der Waals surface area contributed by atoms with Gasteiger partial charge in [-0.25, -0.2) is 8.42 Å². The number of rotatable bonds is 7. The van der Waals surface area contributed by atoms with E-state index >= 15 is 0 Å². The first-order valence-electron chi connectivity index (χ1n) is 8.15. The van der Waals surface area contributed by atoms with Gasteiger partial charge in [-0.2, -0.15) is 0 Å². The fourth-order valence-corrected chi connectivity index (χ4v) is 3.13. The molecule has 0 saturated heterocycles. The maximum Gasteiger partial charge on any atom is 0.251 e. The van der Waals surface area contributed by atoms with Gasteiger partial charge in [-0.15, -0.1) is 0 Å². The fraction of sp³-hybridized carbons (Fsp3) is 0.316. The highest BCUT2D eigenvalue weighted by molar-refractivity contribution is 7.92. The maximum atomic E-state index is 12.2. The van der Waals surface area contributed by atoms with E-state index in [1.54, 1.807) is 25.1 Å². The molecule has 0 aliphatic carbocycles. The number of nitrogens with one attached hydrogen (secondary N) is 1. The van der Waals surface area contributed by atoms with Crippen LogP contribution in [0.3, 0.4) is 0 Å². The Morgan fingerprint density at radius 2 is 1.80 bits per heavy atom. The molecule has 0 aliphatic rings. The van der Waals surface area contributed by atoms with E-state index in [2.05, 4.69) is 17.4 Å². The van der Waals surface area contributed by atoms with E-state index in [9.17, 15) is 13.2 Å². The summed E-state index contributed by atoms with van der Waals surface area (Å²) in [5.41, 5.74) is 3.09. The van der Waals surface area contributed by atoms with Crippen LogP contribution in [-0.4, -0.2) is 34.2 Å². The topological polar surface area (TPSA) is 66.5 Å². The molecule has 25 heavy (non-hydrogen) atoms. The van der Waals surface area contributed by atoms with Gasteiger partial charge in [0.25, 0.3) is 5.91 Å². The van der Waals surface area contributed by atoms with Gasteiger partial charge in [0.2, 0.25) is 10.0 Å². The second-order valence-corrected chi connectivity index (χ2v) is 8.09. The Hall–Kier alpha value is -2.34. The lowest BCUT2D eigenvalue weighted by molar-refractivity contribution is 0.0953. The molecule has 2 rings (SSSR count). The first kappa shape index (κ1) is 19.0. The molecule has 0 radical (unpaired) electrons. The van der Waals surface area contributed by atoms with Crippen LogP contribution in [0.15, 0.2) is 48.5 Å². The zero-order valence-electron chi connectivity index (χ0n) is 14.8. The van der Waals surface area contributed by atoms with E-state index in [1.807, 2.05) is 18.2 Å². The van der Waals surface area contributed by atoms with E-state index in [0.717, 1.165) is 24.7 Å². The Balaban J connectivity index is 1.93. The van der Waals surface area contributed by atoms with Gasteiger partial charge in [0.1, 0.15) is 0 Å². The lowest BCUT2D eigenvalue weighted by atomic mass is 10.1. The highest BCUT2D eigenvalue weighted by Gasteiger charge is 2.15. The van der Waals surface area contributed by atoms with Gasteiger partial charge in [-0.3, -0.25) is 9.10 Å². The van der Waals surface area contributed by atoms with Crippen LogP contribution < -0.4 is 9.62 Å². The number of carbonyl (C=O) groups excluding carboxylic acids is 1. The van der Waals surface area contributed by atoms with E-state index in [0.29, 0.717) is 17.8 Å². The number of aryl methyl sites for hydroxylation is 2. The van der Waals surface area contributed by atoms with Crippen molar-refractivity contribution >= 4 is 21.6 Å². The van der Waals surface area contributed by atoms with Gasteiger partial charge >= 0.3 is 0 Å². The maximum absolute atomic E-state index is 12.2. The van der Waals surface area contributed by atoms with Crippen molar-refractivity contribution in [2.45, 2.75) is 19.8 Å². The lowest BCUT2D eigenvalue weighted by Crippen LogP contribution is -2.27. The summed E-state index contributed by atoms with van der Waals surface area (Å²) in [7, 11) is -1.82. The minimum Gasteiger partial charge on any atom is -0.352 e. The minimum atomic E-state index is -3.32. The monoisotopic (exact) mass is 360 g/mol. The van der Waals surface area contributed by atoms with E-state index in [1.165, 1.54) is 16.9 Å². The molecule has 0 aliphatic heterocycles. The van der Waals surface area contributed by atoms with Crippen LogP contribution >= 0.6 is 0 Å². The number of sulfonamides is 1. The predicted molar refractivity (Wildman–Crippen MR) is 102 cm³/mol. The summed E-state index contributed by atoms with van der Waals surface area (Å²) in [6.07, 6.45) is 2.93. The Bertz CT molecular complexity index is 833. The lowest BCUT2D eigenvalue weighted by Gasteiger charge is -2.19. The van der Waals surface area contributed by atoms with Crippen LogP contribution in [0.5, 0.6) is 0 Å². The first-order chi connectivity index (χ1) is 11.8. The van der Waals surface area contributed by atoms with E-state index in [4.69, 9.17) is 0 Å². The summed E-state index contributed by atoms with van der Waals surface area (Å²) in [5.74, 6) is -0.148. The molecule has 0 atom stereocenters. The van der Waals surface area contributed by atoms with Gasteiger partial charge in [-0.1, -0.05) is 30.3 Å². The summed E-state index contributed by atoms with van der Waals surface area (Å²) >= 11 is 0. The Labute approximate surface area is 149 Å². The van der Waals surface area contributed by atoms with Gasteiger partial charge in [0.15, 0.2) is 0 Å². The molecule has 0 fully saturated rings. The van der Waals surface area contributed by atoms with Gasteiger partial charge in [0.05, 0.1) is 11.9 Å². The number of amides is 1. The van der Waals surface area contributed by atoms with Crippen molar-refractivity contribution in [3.05, 3.63) is 65.2 Å². The molecule has 1 N–H and O–H groups in total. The van der Waals surface area contributed by atoms with Crippen LogP contribution in [0.25, 0.3) is 0 Å². The SMILES string of the molecule is Cc1cc(C(=O)NCCCc2ccccc2)ccc1N(C)S(C)(=O)=O. The quantitative estimate of drug-likeness (QED) is 0.772. The van der Waals surface area contributed by atoms with Gasteiger partial charge in [-0.05, 0) is 49.1 Å². The predicted octanol–water partition coefficient (Wildman–Crippen LogP) is 2.75. The van der Waals surface area contributed by atoms with Crippen molar-refractivity contribution in [2.24, 2.45) is 0 Å². The smallest absolute Gasteiger partial charge is 0.251 e. The molecule has 0 spiro atoms. The second kappa shape index (κ2) is 8.16. The van der Waals surface area contributed by atoms with Crippen LogP contribution in [0.2, 0.25) is 0 Å². The summed E-state index contributed by atoms with van der Waals surface area (Å²) in [6.45, 7) is 2.39. The molecular formula is C19H24N2O3S. The Morgan fingerprint density at radius 1 is 1.12 bits per heavy atom. The second-order valence-electron chi connectivity index (χ2n) is 6.08. The third kappa shape index (κ3) is 5.32. The Kier molecular flexibility index (Phi) is 6.20. The molecule has 5 nitrogen and oxygen atoms in total. The molecule has 2 aromatic rings. The molecule has 0 unspecified atom stereocenters. The highest BCUT2D eigenvalue weighted by Crippen LogP contribution is 2.22. The fourth-order valence-electron chi connectivity index (χ4n) is 2.57. The molecule has 0 saturated carbocycles. The molecule has 134 valence electrons. The van der Waals surface area contributed by atoms with Crippen molar-refractivity contribution in [2.75, 3.05) is 24.2 Å². The standard InChI is InChI=1S/C19H24N2O3S/c1-15-14-17(11-12-18(15)21(2)25(3,23)24)19(22)20-13-7-10-16-8-5-4-6-9-16/h4-6,8-9,11-12,14H,7,10,13H2,1-3H3,(H,20,22). The van der Waals surface area contributed by atoms with Gasteiger partial charge in [0, 0.05) is 19.2 Å². The summed E-state index contributed by atoms with van der Waals surface area (Å²) < 4.78 is 24.5. The van der Waals surface area contributed by atoms with Crippen LogP contribution in [0.4, 0.5) is 5.69 Å². The third-order valence-electron chi connectivity index (χ3n) is 4.07. The summed E-state index contributed by atoms with van der Waals surface area (Å²) in [6, 6.07) is 15.2. The largest absolute Gasteiger partial charge is 0.352 e. The zero-order chi connectivity index (χ0) is 18.4. The molecular weight excluding hydrogens is 336 g/mol. The normalized spacial score (nSPS) is 11.2. The molecule has 0 bridgehead atoms. The zero-order valence-corrected chi connectivity index (χ0v) is 15.6. The highest BCUT2D eigenvalue weighted by atomic mass is 32.2.